The van der Waals surface area contributed by atoms with Gasteiger partial charge in [-0.15, -0.1) is 11.8 Å². The molecule has 0 aliphatic carbocycles. The molecule has 1 N–H and O–H groups in total. The fourth-order valence-corrected chi connectivity index (χ4v) is 4.76. The summed E-state index contributed by atoms with van der Waals surface area (Å²) in [6.45, 7) is 2.10. The molecule has 31 heavy (non-hydrogen) atoms. The average Bonchev–Trinajstić information content (AvgIpc) is 3.20. The third-order valence-corrected chi connectivity index (χ3v) is 6.46. The molecule has 158 valence electrons. The maximum atomic E-state index is 12.7. The number of thioether (sulfide) groups is 1. The number of hydrogen-bond acceptors (Lipinski definition) is 4. The number of hydrogen-bond donors (Lipinski definition) is 1. The number of benzene rings is 3. The Balaban J connectivity index is 1.56. The summed E-state index contributed by atoms with van der Waals surface area (Å²) in [7, 11) is 1.59. The van der Waals surface area contributed by atoms with Gasteiger partial charge in [-0.3, -0.25) is 14.5 Å². The molecule has 0 aromatic heterocycles. The van der Waals surface area contributed by atoms with Crippen molar-refractivity contribution in [2.24, 2.45) is 0 Å². The summed E-state index contributed by atoms with van der Waals surface area (Å²) in [5.41, 5.74) is 4.33. The fraction of sp³-hybridized carbons (Fsp3) is 0.200. The van der Waals surface area contributed by atoms with Crippen molar-refractivity contribution in [1.82, 2.24) is 0 Å². The van der Waals surface area contributed by atoms with Gasteiger partial charge in [0.05, 0.1) is 12.9 Å². The minimum atomic E-state index is -0.192. The Morgan fingerprint density at radius 2 is 1.87 bits per heavy atom. The van der Waals surface area contributed by atoms with E-state index >= 15 is 0 Å². The third-order valence-electron chi connectivity index (χ3n) is 5.25. The molecular formula is C25H24N2O3S. The van der Waals surface area contributed by atoms with Gasteiger partial charge in [0.25, 0.3) is 5.91 Å². The lowest BCUT2D eigenvalue weighted by Crippen LogP contribution is -2.28. The van der Waals surface area contributed by atoms with Crippen LogP contribution in [0.5, 0.6) is 5.75 Å². The molecular weight excluding hydrogens is 408 g/mol. The van der Waals surface area contributed by atoms with Crippen molar-refractivity contribution in [3.8, 4) is 5.75 Å². The van der Waals surface area contributed by atoms with E-state index in [0.717, 1.165) is 17.7 Å². The van der Waals surface area contributed by atoms with Gasteiger partial charge in [-0.2, -0.15) is 0 Å². The van der Waals surface area contributed by atoms with Crippen LogP contribution < -0.4 is 15.0 Å². The molecule has 1 aliphatic rings. The van der Waals surface area contributed by atoms with Crippen LogP contribution in [0.2, 0.25) is 0 Å². The predicted octanol–water partition coefficient (Wildman–Crippen LogP) is 5.29. The minimum Gasteiger partial charge on any atom is -0.497 e. The summed E-state index contributed by atoms with van der Waals surface area (Å²) < 4.78 is 5.14. The van der Waals surface area contributed by atoms with Crippen molar-refractivity contribution in [2.75, 3.05) is 23.1 Å². The SMILES string of the molecule is CCc1cccc(N2C(=O)CS[C@H]2c2cccc(NC(=O)c3ccc(OC)cc3)c2)c1. The van der Waals surface area contributed by atoms with Crippen molar-refractivity contribution in [3.63, 3.8) is 0 Å². The first kappa shape index (κ1) is 21.0. The lowest BCUT2D eigenvalue weighted by atomic mass is 10.1. The maximum Gasteiger partial charge on any atom is 0.255 e. The van der Waals surface area contributed by atoms with Crippen LogP contribution in [0, 0.1) is 0 Å². The number of methoxy groups -OCH3 is 1. The topological polar surface area (TPSA) is 58.6 Å². The first-order valence-corrected chi connectivity index (χ1v) is 11.2. The number of amides is 2. The molecule has 1 heterocycles. The second-order valence-electron chi connectivity index (χ2n) is 7.26. The van der Waals surface area contributed by atoms with Crippen molar-refractivity contribution in [1.29, 1.82) is 0 Å². The minimum absolute atomic E-state index is 0.0934. The van der Waals surface area contributed by atoms with Gasteiger partial charge in [-0.25, -0.2) is 0 Å². The summed E-state index contributed by atoms with van der Waals surface area (Å²) in [5, 5.41) is 2.82. The molecule has 3 aromatic carbocycles. The van der Waals surface area contributed by atoms with Crippen LogP contribution in [-0.2, 0) is 11.2 Å². The van der Waals surface area contributed by atoms with Crippen molar-refractivity contribution < 1.29 is 14.3 Å². The predicted molar refractivity (Wildman–Crippen MR) is 126 cm³/mol. The second kappa shape index (κ2) is 9.27. The Kier molecular flexibility index (Phi) is 6.28. The summed E-state index contributed by atoms with van der Waals surface area (Å²) in [6.07, 6.45) is 0.917. The van der Waals surface area contributed by atoms with E-state index in [-0.39, 0.29) is 17.2 Å². The van der Waals surface area contributed by atoms with Crippen molar-refractivity contribution >= 4 is 35.0 Å². The van der Waals surface area contributed by atoms with Crippen LogP contribution in [0.3, 0.4) is 0 Å². The highest BCUT2D eigenvalue weighted by Gasteiger charge is 2.34. The maximum absolute atomic E-state index is 12.7. The zero-order valence-electron chi connectivity index (χ0n) is 17.5. The first-order valence-electron chi connectivity index (χ1n) is 10.2. The monoisotopic (exact) mass is 432 g/mol. The molecule has 0 unspecified atom stereocenters. The molecule has 3 aromatic rings. The summed E-state index contributed by atoms with van der Waals surface area (Å²) in [4.78, 5) is 27.2. The summed E-state index contributed by atoms with van der Waals surface area (Å²) >= 11 is 1.60. The van der Waals surface area contributed by atoms with Gasteiger partial charge in [0, 0.05) is 16.9 Å². The Bertz CT molecular complexity index is 1100. The normalized spacial score (nSPS) is 15.7. The van der Waals surface area contributed by atoms with Gasteiger partial charge in [0.1, 0.15) is 11.1 Å². The van der Waals surface area contributed by atoms with E-state index < -0.39 is 0 Å². The molecule has 1 saturated heterocycles. The number of rotatable bonds is 6. The Hall–Kier alpha value is -3.25. The van der Waals surface area contributed by atoms with Crippen LogP contribution >= 0.6 is 11.8 Å². The number of aryl methyl sites for hydroxylation is 1. The molecule has 2 amide bonds. The van der Waals surface area contributed by atoms with Gasteiger partial charge in [-0.1, -0.05) is 31.2 Å². The standard InChI is InChI=1S/C25H24N2O3S/c1-3-17-6-4-9-21(14-17)27-23(28)16-31-25(27)19-7-5-8-20(15-19)26-24(29)18-10-12-22(30-2)13-11-18/h4-15,25H,3,16H2,1-2H3,(H,26,29)/t25-/m0/s1. The van der Waals surface area contributed by atoms with Crippen LogP contribution in [-0.4, -0.2) is 24.7 Å². The second-order valence-corrected chi connectivity index (χ2v) is 8.33. The largest absolute Gasteiger partial charge is 0.497 e. The smallest absolute Gasteiger partial charge is 0.255 e. The lowest BCUT2D eigenvalue weighted by Gasteiger charge is -2.25. The van der Waals surface area contributed by atoms with Crippen LogP contribution in [0.4, 0.5) is 11.4 Å². The molecule has 0 spiro atoms. The van der Waals surface area contributed by atoms with E-state index in [1.165, 1.54) is 5.56 Å². The fourth-order valence-electron chi connectivity index (χ4n) is 3.59. The summed E-state index contributed by atoms with van der Waals surface area (Å²) in [6, 6.07) is 22.8. The molecule has 1 aliphatic heterocycles. The van der Waals surface area contributed by atoms with E-state index in [1.54, 1.807) is 43.1 Å². The molecule has 4 rings (SSSR count). The number of nitrogens with zero attached hydrogens (tertiary/aromatic N) is 1. The van der Waals surface area contributed by atoms with Gasteiger partial charge in [0.2, 0.25) is 5.91 Å². The first-order chi connectivity index (χ1) is 15.1. The number of carbonyl (C=O) groups is 2. The van der Waals surface area contributed by atoms with Crippen molar-refractivity contribution in [3.05, 3.63) is 89.5 Å². The highest BCUT2D eigenvalue weighted by Crippen LogP contribution is 2.42. The quantitative estimate of drug-likeness (QED) is 0.575. The van der Waals surface area contributed by atoms with Gasteiger partial charge >= 0.3 is 0 Å². The van der Waals surface area contributed by atoms with Crippen molar-refractivity contribution in [2.45, 2.75) is 18.7 Å². The molecule has 1 atom stereocenters. The van der Waals surface area contributed by atoms with Crippen LogP contribution in [0.1, 0.15) is 33.8 Å². The van der Waals surface area contributed by atoms with E-state index in [2.05, 4.69) is 24.4 Å². The van der Waals surface area contributed by atoms with E-state index in [1.807, 2.05) is 41.3 Å². The van der Waals surface area contributed by atoms with Gasteiger partial charge < -0.3 is 10.1 Å². The van der Waals surface area contributed by atoms with E-state index in [9.17, 15) is 9.59 Å². The van der Waals surface area contributed by atoms with Crippen LogP contribution in [0.15, 0.2) is 72.8 Å². The Morgan fingerprint density at radius 3 is 2.61 bits per heavy atom. The molecule has 0 saturated carbocycles. The number of nitrogens with one attached hydrogen (secondary N) is 1. The summed E-state index contributed by atoms with van der Waals surface area (Å²) in [5.74, 6) is 1.04. The van der Waals surface area contributed by atoms with Gasteiger partial charge in [-0.05, 0) is 66.1 Å². The number of anilines is 2. The zero-order chi connectivity index (χ0) is 21.8. The number of ether oxygens (including phenoxy) is 1. The van der Waals surface area contributed by atoms with E-state index in [4.69, 9.17) is 4.74 Å². The highest BCUT2D eigenvalue weighted by atomic mass is 32.2. The molecule has 1 fully saturated rings. The Labute approximate surface area is 186 Å². The van der Waals surface area contributed by atoms with Crippen LogP contribution in [0.25, 0.3) is 0 Å². The molecule has 6 heteroatoms. The highest BCUT2D eigenvalue weighted by molar-refractivity contribution is 8.00. The molecule has 0 radical (unpaired) electrons. The Morgan fingerprint density at radius 1 is 1.10 bits per heavy atom. The van der Waals surface area contributed by atoms with E-state index in [0.29, 0.717) is 22.8 Å². The molecule has 0 bridgehead atoms. The molecule has 5 nitrogen and oxygen atoms in total. The van der Waals surface area contributed by atoms with Gasteiger partial charge in [0.15, 0.2) is 0 Å². The number of carbonyl (C=O) groups excluding carboxylic acids is 2. The average molecular weight is 433 g/mol. The zero-order valence-corrected chi connectivity index (χ0v) is 18.3. The lowest BCUT2D eigenvalue weighted by molar-refractivity contribution is -0.115. The third kappa shape index (κ3) is 4.59.